The van der Waals surface area contributed by atoms with Gasteiger partial charge in [0.2, 0.25) is 0 Å². The van der Waals surface area contributed by atoms with Crippen LogP contribution in [0.2, 0.25) is 0 Å². The van der Waals surface area contributed by atoms with E-state index in [1.807, 2.05) is 0 Å². The average molecular weight is 725 g/mol. The minimum absolute atomic E-state index is 0.923. The molecule has 0 spiro atoms. The number of hydrogen-bond donors (Lipinski definition) is 0. The Hall–Kier alpha value is -7.42. The minimum atomic E-state index is 0.923. The Kier molecular flexibility index (Phi) is 7.02. The fraction of sp³-hybridized carbons (Fsp3) is 0.0182. The lowest BCUT2D eigenvalue weighted by molar-refractivity contribution is 1.16. The SMILES string of the molecule is c1ccc(-c2ccc(-c3cccc(-c4cc(-n5c6ccccc6c6cc(-n7c8ccccc8c8ccccc87)ccc65)cc5c4Cc4ccccc4-5)c3)cc2)cc1. The molecule has 1 aliphatic rings. The number of aromatic nitrogens is 2. The highest BCUT2D eigenvalue weighted by Gasteiger charge is 2.25. The molecule has 0 fully saturated rings. The molecule has 2 heterocycles. The third-order valence-electron chi connectivity index (χ3n) is 12.2. The molecule has 1 aliphatic carbocycles. The van der Waals surface area contributed by atoms with E-state index in [4.69, 9.17) is 0 Å². The topological polar surface area (TPSA) is 9.86 Å². The largest absolute Gasteiger partial charge is 0.309 e. The van der Waals surface area contributed by atoms with Crippen molar-refractivity contribution in [2.24, 2.45) is 0 Å². The lowest BCUT2D eigenvalue weighted by Gasteiger charge is -2.16. The monoisotopic (exact) mass is 724 g/mol. The van der Waals surface area contributed by atoms with Crippen molar-refractivity contribution in [1.82, 2.24) is 9.13 Å². The van der Waals surface area contributed by atoms with Gasteiger partial charge in [-0.05, 0) is 117 Å². The molecule has 0 amide bonds. The molecule has 0 radical (unpaired) electrons. The van der Waals surface area contributed by atoms with Crippen LogP contribution in [-0.4, -0.2) is 9.13 Å². The Balaban J connectivity index is 1.05. The van der Waals surface area contributed by atoms with Crippen molar-refractivity contribution >= 4 is 43.6 Å². The first-order valence-corrected chi connectivity index (χ1v) is 19.8. The van der Waals surface area contributed by atoms with Crippen LogP contribution in [0.5, 0.6) is 0 Å². The Morgan fingerprint density at radius 3 is 1.51 bits per heavy atom. The van der Waals surface area contributed by atoms with Crippen LogP contribution in [0.4, 0.5) is 0 Å². The van der Waals surface area contributed by atoms with Crippen molar-refractivity contribution in [3.63, 3.8) is 0 Å². The van der Waals surface area contributed by atoms with Crippen LogP contribution < -0.4 is 0 Å². The van der Waals surface area contributed by atoms with Crippen LogP contribution in [0.15, 0.2) is 206 Å². The molecule has 2 heteroatoms. The van der Waals surface area contributed by atoms with Gasteiger partial charge in [-0.2, -0.15) is 0 Å². The smallest absolute Gasteiger partial charge is 0.0542 e. The highest BCUT2D eigenvalue weighted by molar-refractivity contribution is 6.12. The van der Waals surface area contributed by atoms with Gasteiger partial charge in [-0.15, -0.1) is 0 Å². The third kappa shape index (κ3) is 4.97. The summed E-state index contributed by atoms with van der Waals surface area (Å²) in [6.45, 7) is 0. The molecule has 0 bridgehead atoms. The summed E-state index contributed by atoms with van der Waals surface area (Å²) in [5.74, 6) is 0. The molecule has 0 saturated carbocycles. The van der Waals surface area contributed by atoms with Crippen molar-refractivity contribution in [1.29, 1.82) is 0 Å². The lowest BCUT2D eigenvalue weighted by atomic mass is 9.92. The van der Waals surface area contributed by atoms with Gasteiger partial charge in [0.15, 0.2) is 0 Å². The zero-order valence-electron chi connectivity index (χ0n) is 31.2. The van der Waals surface area contributed by atoms with Gasteiger partial charge in [-0.1, -0.05) is 152 Å². The molecule has 0 aliphatic heterocycles. The maximum atomic E-state index is 2.48. The number of rotatable bonds is 5. The van der Waals surface area contributed by atoms with Crippen LogP contribution in [-0.2, 0) is 6.42 Å². The van der Waals surface area contributed by atoms with Gasteiger partial charge < -0.3 is 9.13 Å². The van der Waals surface area contributed by atoms with E-state index >= 15 is 0 Å². The highest BCUT2D eigenvalue weighted by atomic mass is 15.0. The summed E-state index contributed by atoms with van der Waals surface area (Å²) >= 11 is 0. The van der Waals surface area contributed by atoms with E-state index in [0.29, 0.717) is 0 Å². The van der Waals surface area contributed by atoms with Crippen molar-refractivity contribution in [3.05, 3.63) is 217 Å². The molecule has 57 heavy (non-hydrogen) atoms. The first-order valence-electron chi connectivity index (χ1n) is 19.8. The molecule has 12 rings (SSSR count). The predicted octanol–water partition coefficient (Wildman–Crippen LogP) is 14.5. The maximum Gasteiger partial charge on any atom is 0.0542 e. The molecule has 11 aromatic rings. The van der Waals surface area contributed by atoms with Crippen LogP contribution in [0.25, 0.3) is 99.5 Å². The normalized spacial score (nSPS) is 12.1. The first kappa shape index (κ1) is 31.9. The summed E-state index contributed by atoms with van der Waals surface area (Å²) in [6.07, 6.45) is 0.923. The van der Waals surface area contributed by atoms with Gasteiger partial charge in [0.1, 0.15) is 0 Å². The quantitative estimate of drug-likeness (QED) is 0.167. The second kappa shape index (κ2) is 12.6. The van der Waals surface area contributed by atoms with Crippen molar-refractivity contribution in [2.45, 2.75) is 6.42 Å². The van der Waals surface area contributed by atoms with Gasteiger partial charge in [-0.3, -0.25) is 0 Å². The molecule has 9 aromatic carbocycles. The zero-order valence-corrected chi connectivity index (χ0v) is 31.2. The molecule has 0 unspecified atom stereocenters. The minimum Gasteiger partial charge on any atom is -0.309 e. The molecular weight excluding hydrogens is 689 g/mol. The fourth-order valence-electron chi connectivity index (χ4n) is 9.53. The molecule has 0 N–H and O–H groups in total. The molecule has 2 aromatic heterocycles. The Morgan fingerprint density at radius 2 is 0.789 bits per heavy atom. The Bertz CT molecular complexity index is 3310. The summed E-state index contributed by atoms with van der Waals surface area (Å²) in [5.41, 5.74) is 20.0. The summed E-state index contributed by atoms with van der Waals surface area (Å²) in [6, 6.07) is 75.9. The van der Waals surface area contributed by atoms with E-state index in [9.17, 15) is 0 Å². The molecular formula is C55H36N2. The van der Waals surface area contributed by atoms with E-state index in [2.05, 4.69) is 215 Å². The Labute approximate surface area is 331 Å². The van der Waals surface area contributed by atoms with Crippen molar-refractivity contribution in [2.75, 3.05) is 0 Å². The second-order valence-electron chi connectivity index (χ2n) is 15.3. The fourth-order valence-corrected chi connectivity index (χ4v) is 9.53. The standard InChI is InChI=1S/C55H36N2/c1-2-13-36(14-3-1)37-25-27-38(28-26-37)39-16-12-17-40(31-39)48-34-43(35-50-44-18-5-4-15-41(44)32-49(48)50)57-54-24-11-8-21-47(54)51-33-42(29-30-55(51)57)56-52-22-9-6-19-45(52)46-20-7-10-23-53(46)56/h1-31,33-35H,32H2. The molecule has 266 valence electrons. The average Bonchev–Trinajstić information content (AvgIpc) is 3.94. The van der Waals surface area contributed by atoms with E-state index in [-0.39, 0.29) is 0 Å². The maximum absolute atomic E-state index is 2.48. The van der Waals surface area contributed by atoms with Crippen LogP contribution in [0.3, 0.4) is 0 Å². The van der Waals surface area contributed by atoms with E-state index < -0.39 is 0 Å². The summed E-state index contributed by atoms with van der Waals surface area (Å²) in [4.78, 5) is 0. The van der Waals surface area contributed by atoms with Gasteiger partial charge in [0.05, 0.1) is 22.1 Å². The van der Waals surface area contributed by atoms with E-state index in [0.717, 1.165) is 6.42 Å². The molecule has 0 saturated heterocycles. The first-order chi connectivity index (χ1) is 28.3. The van der Waals surface area contributed by atoms with Crippen LogP contribution in [0.1, 0.15) is 11.1 Å². The lowest BCUT2D eigenvalue weighted by Crippen LogP contribution is -1.98. The van der Waals surface area contributed by atoms with Crippen LogP contribution in [0, 0.1) is 0 Å². The van der Waals surface area contributed by atoms with Gasteiger partial charge in [0, 0.05) is 32.9 Å². The molecule has 2 nitrogen and oxygen atoms in total. The Morgan fingerprint density at radius 1 is 0.281 bits per heavy atom. The number of nitrogens with zero attached hydrogens (tertiary/aromatic N) is 2. The van der Waals surface area contributed by atoms with Gasteiger partial charge in [0.25, 0.3) is 0 Å². The summed E-state index contributed by atoms with van der Waals surface area (Å²) < 4.78 is 4.90. The summed E-state index contributed by atoms with van der Waals surface area (Å²) in [7, 11) is 0. The van der Waals surface area contributed by atoms with Gasteiger partial charge in [-0.25, -0.2) is 0 Å². The van der Waals surface area contributed by atoms with E-state index in [1.165, 1.54) is 111 Å². The van der Waals surface area contributed by atoms with Gasteiger partial charge >= 0.3 is 0 Å². The number of benzene rings is 9. The number of para-hydroxylation sites is 3. The second-order valence-corrected chi connectivity index (χ2v) is 15.3. The van der Waals surface area contributed by atoms with Crippen LogP contribution >= 0.6 is 0 Å². The number of hydrogen-bond acceptors (Lipinski definition) is 0. The zero-order chi connectivity index (χ0) is 37.5. The highest BCUT2D eigenvalue weighted by Crippen LogP contribution is 2.45. The van der Waals surface area contributed by atoms with E-state index in [1.54, 1.807) is 0 Å². The molecule has 0 atom stereocenters. The number of fused-ring (bicyclic) bond motifs is 9. The predicted molar refractivity (Wildman–Crippen MR) is 240 cm³/mol. The summed E-state index contributed by atoms with van der Waals surface area (Å²) in [5, 5.41) is 5.04. The van der Waals surface area contributed by atoms with Crippen molar-refractivity contribution < 1.29 is 0 Å². The van der Waals surface area contributed by atoms with Crippen molar-refractivity contribution in [3.8, 4) is 55.9 Å². The third-order valence-corrected chi connectivity index (χ3v) is 12.2.